The molecule has 1 N–H and O–H groups in total. The number of benzene rings is 2. The Labute approximate surface area is 126 Å². The first kappa shape index (κ1) is 15.1. The van der Waals surface area contributed by atoms with Crippen molar-refractivity contribution in [3.05, 3.63) is 64.7 Å². The monoisotopic (exact) mass is 285 g/mol. The van der Waals surface area contributed by atoms with E-state index in [1.807, 2.05) is 18.8 Å². The lowest BCUT2D eigenvalue weighted by Crippen LogP contribution is -2.11. The van der Waals surface area contributed by atoms with E-state index in [-0.39, 0.29) is 0 Å². The van der Waals surface area contributed by atoms with Crippen molar-refractivity contribution in [2.24, 2.45) is 0 Å². The van der Waals surface area contributed by atoms with Crippen molar-refractivity contribution in [3.63, 3.8) is 0 Å². The van der Waals surface area contributed by atoms with E-state index in [1.54, 1.807) is 0 Å². The highest BCUT2D eigenvalue weighted by Gasteiger charge is 2.04. The van der Waals surface area contributed by atoms with E-state index in [1.165, 1.54) is 27.1 Å². The summed E-state index contributed by atoms with van der Waals surface area (Å²) in [5.74, 6) is 1.03. The van der Waals surface area contributed by atoms with E-state index in [0.29, 0.717) is 6.04 Å². The zero-order valence-electron chi connectivity index (χ0n) is 12.7. The Morgan fingerprint density at radius 3 is 2.55 bits per heavy atom. The van der Waals surface area contributed by atoms with Gasteiger partial charge in [-0.15, -0.1) is 11.8 Å². The van der Waals surface area contributed by atoms with Crippen LogP contribution < -0.4 is 5.32 Å². The van der Waals surface area contributed by atoms with Gasteiger partial charge in [-0.3, -0.25) is 0 Å². The summed E-state index contributed by atoms with van der Waals surface area (Å²) in [5, 5.41) is 3.29. The highest BCUT2D eigenvalue weighted by Crippen LogP contribution is 2.26. The topological polar surface area (TPSA) is 12.0 Å². The fourth-order valence-corrected chi connectivity index (χ4v) is 3.01. The molecule has 2 aromatic rings. The van der Waals surface area contributed by atoms with Crippen molar-refractivity contribution < 1.29 is 0 Å². The second-order valence-electron chi connectivity index (χ2n) is 5.29. The van der Waals surface area contributed by atoms with Crippen LogP contribution in [0.15, 0.2) is 47.4 Å². The Morgan fingerprint density at radius 2 is 1.85 bits per heavy atom. The lowest BCUT2D eigenvalue weighted by molar-refractivity contribution is 0.651. The van der Waals surface area contributed by atoms with E-state index in [2.05, 4.69) is 68.6 Å². The molecule has 0 saturated heterocycles. The van der Waals surface area contributed by atoms with Crippen molar-refractivity contribution in [3.8, 4) is 0 Å². The molecule has 20 heavy (non-hydrogen) atoms. The minimum Gasteiger partial charge on any atom is -0.313 e. The molecule has 0 radical (unpaired) electrons. The zero-order valence-corrected chi connectivity index (χ0v) is 13.6. The van der Waals surface area contributed by atoms with E-state index in [9.17, 15) is 0 Å². The van der Waals surface area contributed by atoms with Gasteiger partial charge in [0, 0.05) is 16.7 Å². The third-order valence-corrected chi connectivity index (χ3v) is 4.83. The molecule has 0 bridgehead atoms. The van der Waals surface area contributed by atoms with Crippen LogP contribution >= 0.6 is 11.8 Å². The van der Waals surface area contributed by atoms with Crippen molar-refractivity contribution in [1.29, 1.82) is 0 Å². The van der Waals surface area contributed by atoms with Crippen LogP contribution in [-0.2, 0) is 5.75 Å². The van der Waals surface area contributed by atoms with Gasteiger partial charge in [-0.05, 0) is 62.2 Å². The summed E-state index contributed by atoms with van der Waals surface area (Å²) in [6, 6.07) is 15.9. The molecule has 2 aromatic carbocycles. The number of hydrogen-bond donors (Lipinski definition) is 1. The molecule has 0 aliphatic carbocycles. The Morgan fingerprint density at radius 1 is 1.05 bits per heavy atom. The van der Waals surface area contributed by atoms with Gasteiger partial charge in [-0.2, -0.15) is 0 Å². The number of aryl methyl sites for hydroxylation is 2. The zero-order chi connectivity index (χ0) is 14.5. The normalized spacial score (nSPS) is 12.4. The summed E-state index contributed by atoms with van der Waals surface area (Å²) in [6.45, 7) is 6.53. The van der Waals surface area contributed by atoms with Crippen LogP contribution in [0.5, 0.6) is 0 Å². The van der Waals surface area contributed by atoms with E-state index >= 15 is 0 Å². The Hall–Kier alpha value is -1.25. The predicted molar refractivity (Wildman–Crippen MR) is 89.4 cm³/mol. The van der Waals surface area contributed by atoms with E-state index in [4.69, 9.17) is 0 Å². The SMILES string of the molecule is CNC(C)c1cccc(SCc2ccc(C)c(C)c2)c1. The summed E-state index contributed by atoms with van der Waals surface area (Å²) in [5.41, 5.74) is 5.48. The van der Waals surface area contributed by atoms with Crippen molar-refractivity contribution >= 4 is 11.8 Å². The average Bonchev–Trinajstić information content (AvgIpc) is 2.48. The summed E-state index contributed by atoms with van der Waals surface area (Å²) in [6.07, 6.45) is 0. The third kappa shape index (κ3) is 3.87. The van der Waals surface area contributed by atoms with Crippen LogP contribution in [-0.4, -0.2) is 7.05 Å². The van der Waals surface area contributed by atoms with Gasteiger partial charge in [-0.25, -0.2) is 0 Å². The van der Waals surface area contributed by atoms with Crippen molar-refractivity contribution in [2.45, 2.75) is 37.5 Å². The molecule has 0 amide bonds. The highest BCUT2D eigenvalue weighted by atomic mass is 32.2. The summed E-state index contributed by atoms with van der Waals surface area (Å²) in [7, 11) is 2.00. The van der Waals surface area contributed by atoms with Gasteiger partial charge in [0.25, 0.3) is 0 Å². The van der Waals surface area contributed by atoms with Gasteiger partial charge in [-0.1, -0.05) is 30.3 Å². The molecule has 0 heterocycles. The largest absolute Gasteiger partial charge is 0.313 e. The van der Waals surface area contributed by atoms with Gasteiger partial charge in [0.15, 0.2) is 0 Å². The predicted octanol–water partition coefficient (Wildman–Crippen LogP) is 4.88. The minimum absolute atomic E-state index is 0.400. The standard InChI is InChI=1S/C18H23NS/c1-13-8-9-16(10-14(13)2)12-20-18-7-5-6-17(11-18)15(3)19-4/h5-11,15,19H,12H2,1-4H3. The molecule has 0 fully saturated rings. The number of thioether (sulfide) groups is 1. The molecule has 2 rings (SSSR count). The van der Waals surface area contributed by atoms with E-state index in [0.717, 1.165) is 5.75 Å². The Balaban J connectivity index is 2.05. The fraction of sp³-hybridized carbons (Fsp3) is 0.333. The minimum atomic E-state index is 0.400. The average molecular weight is 285 g/mol. The van der Waals surface area contributed by atoms with Gasteiger partial charge in [0.2, 0.25) is 0 Å². The van der Waals surface area contributed by atoms with Crippen LogP contribution in [0.2, 0.25) is 0 Å². The van der Waals surface area contributed by atoms with Gasteiger partial charge in [0.05, 0.1) is 0 Å². The molecule has 0 aliphatic heterocycles. The number of nitrogens with one attached hydrogen (secondary N) is 1. The number of hydrogen-bond acceptors (Lipinski definition) is 2. The van der Waals surface area contributed by atoms with Crippen LogP contribution in [0.1, 0.15) is 35.2 Å². The molecular formula is C18H23NS. The molecule has 0 aliphatic rings. The first-order chi connectivity index (χ1) is 9.60. The molecule has 106 valence electrons. The second-order valence-corrected chi connectivity index (χ2v) is 6.34. The Kier molecular flexibility index (Phi) is 5.27. The van der Waals surface area contributed by atoms with Crippen LogP contribution in [0.25, 0.3) is 0 Å². The van der Waals surface area contributed by atoms with Crippen molar-refractivity contribution in [1.82, 2.24) is 5.32 Å². The molecular weight excluding hydrogens is 262 g/mol. The number of rotatable bonds is 5. The summed E-state index contributed by atoms with van der Waals surface area (Å²) in [4.78, 5) is 1.34. The molecule has 0 saturated carbocycles. The van der Waals surface area contributed by atoms with E-state index < -0.39 is 0 Å². The van der Waals surface area contributed by atoms with Crippen LogP contribution in [0.4, 0.5) is 0 Å². The quantitative estimate of drug-likeness (QED) is 0.786. The molecule has 1 atom stereocenters. The summed E-state index contributed by atoms with van der Waals surface area (Å²) < 4.78 is 0. The lowest BCUT2D eigenvalue weighted by Gasteiger charge is -2.12. The fourth-order valence-electron chi connectivity index (χ4n) is 2.10. The first-order valence-corrected chi connectivity index (χ1v) is 8.05. The lowest BCUT2D eigenvalue weighted by atomic mass is 10.1. The smallest absolute Gasteiger partial charge is 0.0289 e. The molecule has 1 nitrogen and oxygen atoms in total. The van der Waals surface area contributed by atoms with Crippen molar-refractivity contribution in [2.75, 3.05) is 7.05 Å². The van der Waals surface area contributed by atoms with Crippen LogP contribution in [0, 0.1) is 13.8 Å². The van der Waals surface area contributed by atoms with Gasteiger partial charge in [0.1, 0.15) is 0 Å². The maximum atomic E-state index is 3.29. The maximum absolute atomic E-state index is 3.29. The Bertz CT molecular complexity index is 577. The highest BCUT2D eigenvalue weighted by molar-refractivity contribution is 7.98. The third-order valence-electron chi connectivity index (χ3n) is 3.77. The first-order valence-electron chi connectivity index (χ1n) is 7.06. The van der Waals surface area contributed by atoms with Crippen LogP contribution in [0.3, 0.4) is 0 Å². The van der Waals surface area contributed by atoms with Gasteiger partial charge >= 0.3 is 0 Å². The molecule has 0 spiro atoms. The molecule has 2 heteroatoms. The molecule has 1 unspecified atom stereocenters. The second kappa shape index (κ2) is 6.96. The summed E-state index contributed by atoms with van der Waals surface area (Å²) >= 11 is 1.90. The van der Waals surface area contributed by atoms with Gasteiger partial charge < -0.3 is 5.32 Å². The maximum Gasteiger partial charge on any atom is 0.0289 e. The molecule has 0 aromatic heterocycles.